The van der Waals surface area contributed by atoms with Crippen LogP contribution in [0.5, 0.6) is 0 Å². The molecule has 4 nitrogen and oxygen atoms in total. The van der Waals surface area contributed by atoms with Crippen molar-refractivity contribution in [3.8, 4) is 0 Å². The number of rotatable bonds is 5. The second-order valence-corrected chi connectivity index (χ2v) is 6.32. The average molecular weight is 275 g/mol. The van der Waals surface area contributed by atoms with E-state index in [1.165, 1.54) is 19.3 Å². The Kier molecular flexibility index (Phi) is 4.10. The second kappa shape index (κ2) is 6.00. The van der Waals surface area contributed by atoms with Gasteiger partial charge in [-0.3, -0.25) is 0 Å². The third kappa shape index (κ3) is 3.42. The van der Waals surface area contributed by atoms with Crippen LogP contribution in [0.3, 0.4) is 0 Å². The fourth-order valence-electron chi connectivity index (χ4n) is 3.02. The normalized spacial score (nSPS) is 21.8. The average Bonchev–Trinajstić information content (AvgIpc) is 3.24. The monoisotopic (exact) mass is 275 g/mol. The molecule has 1 aliphatic carbocycles. The standard InChI is InChI=1S/C16H25N3O/c1-12(11-13-4-5-13)18-15-3-2-8-17-16(15)19-9-6-14(20)7-10-19/h2-3,8,12-14,18,20H,4-7,9-11H2,1H3. The van der Waals surface area contributed by atoms with Gasteiger partial charge in [0.05, 0.1) is 11.8 Å². The Labute approximate surface area is 121 Å². The number of hydrogen-bond acceptors (Lipinski definition) is 4. The van der Waals surface area contributed by atoms with Crippen molar-refractivity contribution in [2.75, 3.05) is 23.3 Å². The van der Waals surface area contributed by atoms with Crippen molar-refractivity contribution in [1.82, 2.24) is 4.98 Å². The number of anilines is 2. The minimum Gasteiger partial charge on any atom is -0.393 e. The molecule has 2 N–H and O–H groups in total. The first-order chi connectivity index (χ1) is 9.72. The predicted octanol–water partition coefficient (Wildman–Crippen LogP) is 2.64. The molecule has 4 heteroatoms. The number of nitrogens with one attached hydrogen (secondary N) is 1. The number of nitrogens with zero attached hydrogens (tertiary/aromatic N) is 2. The Morgan fingerprint density at radius 3 is 2.80 bits per heavy atom. The molecule has 0 radical (unpaired) electrons. The van der Waals surface area contributed by atoms with Gasteiger partial charge < -0.3 is 15.3 Å². The van der Waals surface area contributed by atoms with E-state index >= 15 is 0 Å². The van der Waals surface area contributed by atoms with Crippen molar-refractivity contribution in [2.24, 2.45) is 5.92 Å². The van der Waals surface area contributed by atoms with Gasteiger partial charge in [0.1, 0.15) is 0 Å². The van der Waals surface area contributed by atoms with Gasteiger partial charge in [-0.25, -0.2) is 4.98 Å². The van der Waals surface area contributed by atoms with E-state index in [1.807, 2.05) is 12.3 Å². The molecule has 1 saturated heterocycles. The molecule has 2 aliphatic rings. The zero-order chi connectivity index (χ0) is 13.9. The van der Waals surface area contributed by atoms with Gasteiger partial charge in [0.15, 0.2) is 5.82 Å². The van der Waals surface area contributed by atoms with E-state index in [-0.39, 0.29) is 6.10 Å². The molecule has 1 aromatic rings. The van der Waals surface area contributed by atoms with Crippen LogP contribution < -0.4 is 10.2 Å². The molecule has 1 atom stereocenters. The van der Waals surface area contributed by atoms with Gasteiger partial charge in [0, 0.05) is 25.3 Å². The van der Waals surface area contributed by atoms with Crippen LogP contribution in [0.2, 0.25) is 0 Å². The van der Waals surface area contributed by atoms with Gasteiger partial charge in [-0.1, -0.05) is 12.8 Å². The Hall–Kier alpha value is -1.29. The Bertz CT molecular complexity index is 439. The highest BCUT2D eigenvalue weighted by Gasteiger charge is 2.25. The van der Waals surface area contributed by atoms with Crippen molar-refractivity contribution in [1.29, 1.82) is 0 Å². The number of aliphatic hydroxyl groups is 1. The van der Waals surface area contributed by atoms with Crippen molar-refractivity contribution >= 4 is 11.5 Å². The van der Waals surface area contributed by atoms with Crippen LogP contribution in [-0.4, -0.2) is 35.3 Å². The summed E-state index contributed by atoms with van der Waals surface area (Å²) in [4.78, 5) is 6.85. The van der Waals surface area contributed by atoms with Crippen LogP contribution >= 0.6 is 0 Å². The highest BCUT2D eigenvalue weighted by atomic mass is 16.3. The topological polar surface area (TPSA) is 48.4 Å². The lowest BCUT2D eigenvalue weighted by Crippen LogP contribution is -2.37. The lowest BCUT2D eigenvalue weighted by molar-refractivity contribution is 0.145. The number of pyridine rings is 1. The fourth-order valence-corrected chi connectivity index (χ4v) is 3.02. The highest BCUT2D eigenvalue weighted by Crippen LogP contribution is 2.35. The lowest BCUT2D eigenvalue weighted by atomic mass is 10.1. The molecule has 0 aromatic carbocycles. The summed E-state index contributed by atoms with van der Waals surface area (Å²) in [6.45, 7) is 4.04. The SMILES string of the molecule is CC(CC1CC1)Nc1cccnc1N1CCC(O)CC1. The third-order valence-corrected chi connectivity index (χ3v) is 4.34. The van der Waals surface area contributed by atoms with Gasteiger partial charge in [-0.05, 0) is 44.2 Å². The summed E-state index contributed by atoms with van der Waals surface area (Å²) in [7, 11) is 0. The maximum absolute atomic E-state index is 9.63. The number of hydrogen-bond donors (Lipinski definition) is 2. The van der Waals surface area contributed by atoms with E-state index in [9.17, 15) is 5.11 Å². The number of piperidine rings is 1. The summed E-state index contributed by atoms with van der Waals surface area (Å²) in [5.41, 5.74) is 1.14. The molecule has 3 rings (SSSR count). The summed E-state index contributed by atoms with van der Waals surface area (Å²) < 4.78 is 0. The molecule has 2 fully saturated rings. The van der Waals surface area contributed by atoms with Crippen molar-refractivity contribution < 1.29 is 5.11 Å². The van der Waals surface area contributed by atoms with Gasteiger partial charge in [0.2, 0.25) is 0 Å². The lowest BCUT2D eigenvalue weighted by Gasteiger charge is -2.32. The first kappa shape index (κ1) is 13.7. The molecule has 2 heterocycles. The number of aromatic nitrogens is 1. The molecular weight excluding hydrogens is 250 g/mol. The largest absolute Gasteiger partial charge is 0.393 e. The number of aliphatic hydroxyl groups excluding tert-OH is 1. The summed E-state index contributed by atoms with van der Waals surface area (Å²) in [5, 5.41) is 13.3. The summed E-state index contributed by atoms with van der Waals surface area (Å²) in [6, 6.07) is 4.62. The Morgan fingerprint density at radius 2 is 2.10 bits per heavy atom. The molecule has 0 spiro atoms. The maximum Gasteiger partial charge on any atom is 0.151 e. The fraction of sp³-hybridized carbons (Fsp3) is 0.688. The molecule has 1 unspecified atom stereocenters. The van der Waals surface area contributed by atoms with E-state index < -0.39 is 0 Å². The van der Waals surface area contributed by atoms with Crippen LogP contribution in [0.1, 0.15) is 39.0 Å². The Balaban J connectivity index is 1.67. The maximum atomic E-state index is 9.63. The minimum absolute atomic E-state index is 0.139. The smallest absolute Gasteiger partial charge is 0.151 e. The van der Waals surface area contributed by atoms with Crippen molar-refractivity contribution in [3.63, 3.8) is 0 Å². The Morgan fingerprint density at radius 1 is 1.35 bits per heavy atom. The van der Waals surface area contributed by atoms with Crippen LogP contribution in [0.4, 0.5) is 11.5 Å². The van der Waals surface area contributed by atoms with Crippen LogP contribution in [0.25, 0.3) is 0 Å². The first-order valence-electron chi connectivity index (χ1n) is 7.87. The van der Waals surface area contributed by atoms with Gasteiger partial charge in [-0.15, -0.1) is 0 Å². The van der Waals surface area contributed by atoms with Crippen LogP contribution in [0.15, 0.2) is 18.3 Å². The molecular formula is C16H25N3O. The van der Waals surface area contributed by atoms with E-state index in [0.29, 0.717) is 6.04 Å². The molecule has 0 bridgehead atoms. The molecule has 1 aliphatic heterocycles. The van der Waals surface area contributed by atoms with E-state index in [4.69, 9.17) is 0 Å². The summed E-state index contributed by atoms with van der Waals surface area (Å²) in [6.07, 6.45) is 7.46. The molecule has 20 heavy (non-hydrogen) atoms. The molecule has 1 aromatic heterocycles. The summed E-state index contributed by atoms with van der Waals surface area (Å²) >= 11 is 0. The van der Waals surface area contributed by atoms with Crippen LogP contribution in [-0.2, 0) is 0 Å². The van der Waals surface area contributed by atoms with E-state index in [2.05, 4.69) is 28.2 Å². The predicted molar refractivity (Wildman–Crippen MR) is 82.1 cm³/mol. The van der Waals surface area contributed by atoms with E-state index in [0.717, 1.165) is 43.4 Å². The van der Waals surface area contributed by atoms with Gasteiger partial charge in [0.25, 0.3) is 0 Å². The van der Waals surface area contributed by atoms with Crippen LogP contribution in [0, 0.1) is 5.92 Å². The quantitative estimate of drug-likeness (QED) is 0.867. The highest BCUT2D eigenvalue weighted by molar-refractivity contribution is 5.65. The third-order valence-electron chi connectivity index (χ3n) is 4.34. The zero-order valence-electron chi connectivity index (χ0n) is 12.3. The second-order valence-electron chi connectivity index (χ2n) is 6.32. The van der Waals surface area contributed by atoms with Crippen molar-refractivity contribution in [3.05, 3.63) is 18.3 Å². The summed E-state index contributed by atoms with van der Waals surface area (Å²) in [5.74, 6) is 1.98. The first-order valence-corrected chi connectivity index (χ1v) is 7.87. The van der Waals surface area contributed by atoms with Crippen molar-refractivity contribution in [2.45, 2.75) is 51.2 Å². The van der Waals surface area contributed by atoms with Gasteiger partial charge >= 0.3 is 0 Å². The zero-order valence-corrected chi connectivity index (χ0v) is 12.3. The molecule has 110 valence electrons. The molecule has 0 amide bonds. The molecule has 1 saturated carbocycles. The van der Waals surface area contributed by atoms with E-state index in [1.54, 1.807) is 0 Å². The minimum atomic E-state index is -0.139. The van der Waals surface area contributed by atoms with Gasteiger partial charge in [-0.2, -0.15) is 0 Å².